The molecule has 4 rings (SSSR count). The Hall–Kier alpha value is -3.13. The van der Waals surface area contributed by atoms with Crippen LogP contribution in [0.2, 0.25) is 0 Å². The van der Waals surface area contributed by atoms with E-state index in [9.17, 15) is 28.9 Å². The number of ether oxygens (including phenoxy) is 2. The third kappa shape index (κ3) is 9.43. The molecule has 0 aliphatic carbocycles. The number of rotatable bonds is 16. The number of piperidine rings is 1. The molecular formula is C31H45F2N5O6. The average Bonchev–Trinajstić information content (AvgIpc) is 3.51. The van der Waals surface area contributed by atoms with Gasteiger partial charge < -0.3 is 39.9 Å². The summed E-state index contributed by atoms with van der Waals surface area (Å²) in [5, 5.41) is 31.3. The van der Waals surface area contributed by atoms with Crippen LogP contribution in [0.25, 0.3) is 0 Å². The highest BCUT2D eigenvalue weighted by atomic mass is 19.1. The van der Waals surface area contributed by atoms with Gasteiger partial charge in [0.25, 0.3) is 0 Å². The van der Waals surface area contributed by atoms with Gasteiger partial charge in [-0.2, -0.15) is 0 Å². The SMILES string of the molecule is CCOc1cnc(N2CCC(CCCOc3cc(F)c(CC(=O)N4CC[C@@H](CNCC(O)(CO)CO)C4)c(F)c3)CC2)nc1. The second-order valence-electron chi connectivity index (χ2n) is 11.8. The molecule has 0 bridgehead atoms. The fraction of sp³-hybridized carbons (Fsp3) is 0.645. The number of halogens is 2. The molecule has 3 heterocycles. The van der Waals surface area contributed by atoms with Crippen LogP contribution in [0, 0.1) is 23.5 Å². The molecule has 2 fully saturated rings. The van der Waals surface area contributed by atoms with Gasteiger partial charge in [0.15, 0.2) is 5.75 Å². The summed E-state index contributed by atoms with van der Waals surface area (Å²) in [6.45, 7) is 4.78. The van der Waals surface area contributed by atoms with Gasteiger partial charge in [-0.15, -0.1) is 0 Å². The monoisotopic (exact) mass is 621 g/mol. The number of hydrogen-bond acceptors (Lipinski definition) is 10. The van der Waals surface area contributed by atoms with E-state index in [0.717, 1.165) is 50.9 Å². The summed E-state index contributed by atoms with van der Waals surface area (Å²) in [7, 11) is 0. The van der Waals surface area contributed by atoms with E-state index in [2.05, 4.69) is 20.2 Å². The lowest BCUT2D eigenvalue weighted by molar-refractivity contribution is -0.129. The summed E-state index contributed by atoms with van der Waals surface area (Å²) in [5.74, 6) is 0.125. The van der Waals surface area contributed by atoms with Gasteiger partial charge >= 0.3 is 0 Å². The molecule has 13 heteroatoms. The van der Waals surface area contributed by atoms with Crippen molar-refractivity contribution in [1.82, 2.24) is 20.2 Å². The number of aromatic nitrogens is 2. The lowest BCUT2D eigenvalue weighted by atomic mass is 9.92. The van der Waals surface area contributed by atoms with E-state index < -0.39 is 30.4 Å². The van der Waals surface area contributed by atoms with E-state index in [0.29, 0.717) is 56.9 Å². The second kappa shape index (κ2) is 16.3. The first-order chi connectivity index (χ1) is 21.2. The van der Waals surface area contributed by atoms with Crippen molar-refractivity contribution in [3.8, 4) is 11.5 Å². The summed E-state index contributed by atoms with van der Waals surface area (Å²) in [4.78, 5) is 25.3. The normalized spacial score (nSPS) is 17.7. The molecule has 0 spiro atoms. The van der Waals surface area contributed by atoms with Crippen molar-refractivity contribution >= 4 is 11.9 Å². The Kier molecular flexibility index (Phi) is 12.5. The van der Waals surface area contributed by atoms with Crippen LogP contribution in [0.3, 0.4) is 0 Å². The highest BCUT2D eigenvalue weighted by molar-refractivity contribution is 5.79. The zero-order chi connectivity index (χ0) is 31.5. The Balaban J connectivity index is 1.15. The maximum absolute atomic E-state index is 14.8. The van der Waals surface area contributed by atoms with Gasteiger partial charge in [0.1, 0.15) is 23.0 Å². The Labute approximate surface area is 257 Å². The van der Waals surface area contributed by atoms with Crippen molar-refractivity contribution in [3.63, 3.8) is 0 Å². The Bertz CT molecular complexity index is 1170. The van der Waals surface area contributed by atoms with Crippen LogP contribution >= 0.6 is 0 Å². The zero-order valence-electron chi connectivity index (χ0n) is 25.4. The number of carbonyl (C=O) groups excluding carboxylic acids is 1. The van der Waals surface area contributed by atoms with Crippen molar-refractivity contribution in [2.45, 2.75) is 51.0 Å². The smallest absolute Gasteiger partial charge is 0.227 e. The van der Waals surface area contributed by atoms with Gasteiger partial charge in [-0.25, -0.2) is 18.7 Å². The van der Waals surface area contributed by atoms with E-state index in [1.807, 2.05) is 6.92 Å². The summed E-state index contributed by atoms with van der Waals surface area (Å²) < 4.78 is 40.7. The molecule has 2 aromatic rings. The number of aliphatic hydroxyl groups excluding tert-OH is 2. The van der Waals surface area contributed by atoms with Crippen LogP contribution in [0.1, 0.15) is 44.6 Å². The number of aliphatic hydroxyl groups is 3. The number of benzene rings is 1. The molecule has 244 valence electrons. The lowest BCUT2D eigenvalue weighted by Gasteiger charge is -2.32. The molecule has 0 radical (unpaired) electrons. The maximum atomic E-state index is 14.8. The fourth-order valence-corrected chi connectivity index (χ4v) is 5.69. The number of anilines is 1. The third-order valence-electron chi connectivity index (χ3n) is 8.41. The van der Waals surface area contributed by atoms with Crippen LogP contribution in [-0.4, -0.2) is 107 Å². The molecule has 1 aromatic heterocycles. The van der Waals surface area contributed by atoms with Crippen molar-refractivity contribution in [2.75, 3.05) is 70.6 Å². The summed E-state index contributed by atoms with van der Waals surface area (Å²) >= 11 is 0. The van der Waals surface area contributed by atoms with Crippen molar-refractivity contribution in [1.29, 1.82) is 0 Å². The summed E-state index contributed by atoms with van der Waals surface area (Å²) in [6.07, 6.45) is 7.43. The standard InChI is InChI=1S/C31H45F2N5O6/c1-2-43-25-16-35-30(36-17-25)37-8-5-22(6-9-37)4-3-11-44-24-12-27(32)26(28(33)13-24)14-29(41)38-10-7-23(18-38)15-34-19-31(42,20-39)21-40/h12-13,16-17,22-23,34,39-40,42H,2-11,14-15,18-21H2,1H3/t23-/m0/s1. The lowest BCUT2D eigenvalue weighted by Crippen LogP contribution is -2.48. The third-order valence-corrected chi connectivity index (χ3v) is 8.41. The minimum Gasteiger partial charge on any atom is -0.493 e. The number of hydrogen-bond donors (Lipinski definition) is 4. The number of carbonyl (C=O) groups is 1. The number of likely N-dealkylation sites (tertiary alicyclic amines) is 1. The molecule has 11 nitrogen and oxygen atoms in total. The van der Waals surface area contributed by atoms with Gasteiger partial charge in [-0.3, -0.25) is 4.79 Å². The molecule has 0 unspecified atom stereocenters. The number of nitrogens with one attached hydrogen (secondary N) is 1. The van der Waals surface area contributed by atoms with Gasteiger partial charge in [0, 0.05) is 50.4 Å². The maximum Gasteiger partial charge on any atom is 0.227 e. The first kappa shape index (κ1) is 33.8. The molecule has 2 aliphatic heterocycles. The first-order valence-corrected chi connectivity index (χ1v) is 15.5. The van der Waals surface area contributed by atoms with E-state index in [1.54, 1.807) is 17.3 Å². The van der Waals surface area contributed by atoms with Gasteiger partial charge in [-0.1, -0.05) is 0 Å². The Morgan fingerprint density at radius 1 is 1.02 bits per heavy atom. The van der Waals surface area contributed by atoms with Crippen LogP contribution in [0.5, 0.6) is 11.5 Å². The predicted octanol–water partition coefficient (Wildman–Crippen LogP) is 1.93. The van der Waals surface area contributed by atoms with Crippen molar-refractivity contribution in [3.05, 3.63) is 41.7 Å². The van der Waals surface area contributed by atoms with E-state index in [-0.39, 0.29) is 36.1 Å². The van der Waals surface area contributed by atoms with Crippen molar-refractivity contribution < 1.29 is 38.4 Å². The van der Waals surface area contributed by atoms with Crippen LogP contribution in [0.4, 0.5) is 14.7 Å². The van der Waals surface area contributed by atoms with Crippen LogP contribution in [0.15, 0.2) is 24.5 Å². The zero-order valence-corrected chi connectivity index (χ0v) is 25.4. The molecular weight excluding hydrogens is 576 g/mol. The highest BCUT2D eigenvalue weighted by Crippen LogP contribution is 2.26. The predicted molar refractivity (Wildman–Crippen MR) is 160 cm³/mol. The van der Waals surface area contributed by atoms with Crippen molar-refractivity contribution in [2.24, 2.45) is 11.8 Å². The van der Waals surface area contributed by atoms with Gasteiger partial charge in [-0.05, 0) is 57.4 Å². The molecule has 1 amide bonds. The average molecular weight is 622 g/mol. The van der Waals surface area contributed by atoms with Crippen LogP contribution < -0.4 is 19.7 Å². The summed E-state index contributed by atoms with van der Waals surface area (Å²) in [5.41, 5.74) is -1.88. The van der Waals surface area contributed by atoms with Crippen LogP contribution in [-0.2, 0) is 11.2 Å². The largest absolute Gasteiger partial charge is 0.493 e. The Morgan fingerprint density at radius 2 is 1.68 bits per heavy atom. The van der Waals surface area contributed by atoms with E-state index >= 15 is 0 Å². The molecule has 44 heavy (non-hydrogen) atoms. The molecule has 2 aliphatic rings. The quantitative estimate of drug-likeness (QED) is 0.206. The van der Waals surface area contributed by atoms with Gasteiger partial charge in [0.2, 0.25) is 11.9 Å². The topological polar surface area (TPSA) is 141 Å². The van der Waals surface area contributed by atoms with Gasteiger partial charge in [0.05, 0.1) is 45.2 Å². The highest BCUT2D eigenvalue weighted by Gasteiger charge is 2.29. The summed E-state index contributed by atoms with van der Waals surface area (Å²) in [6, 6.07) is 2.28. The minimum atomic E-state index is -1.61. The minimum absolute atomic E-state index is 0.00979. The fourth-order valence-electron chi connectivity index (χ4n) is 5.69. The van der Waals surface area contributed by atoms with E-state index in [1.165, 1.54) is 0 Å². The molecule has 4 N–H and O–H groups in total. The molecule has 1 atom stereocenters. The van der Waals surface area contributed by atoms with E-state index in [4.69, 9.17) is 9.47 Å². The number of amides is 1. The number of nitrogens with zero attached hydrogens (tertiary/aromatic N) is 4. The molecule has 1 aromatic carbocycles. The second-order valence-corrected chi connectivity index (χ2v) is 11.8. The first-order valence-electron chi connectivity index (χ1n) is 15.5. The Morgan fingerprint density at radius 3 is 2.32 bits per heavy atom. The molecule has 0 saturated carbocycles. The molecule has 2 saturated heterocycles.